The highest BCUT2D eigenvalue weighted by Crippen LogP contribution is 2.24. The first-order chi connectivity index (χ1) is 11.5. The summed E-state index contributed by atoms with van der Waals surface area (Å²) in [4.78, 5) is 29.8. The second-order valence-corrected chi connectivity index (χ2v) is 6.71. The minimum Gasteiger partial charge on any atom is -0.365 e. The molecule has 1 atom stereocenters. The summed E-state index contributed by atoms with van der Waals surface area (Å²) in [6, 6.07) is -0.214. The molecule has 0 aromatic carbocycles. The summed E-state index contributed by atoms with van der Waals surface area (Å²) in [7, 11) is 0. The van der Waals surface area contributed by atoms with E-state index in [1.165, 1.54) is 6.42 Å². The molecule has 0 saturated carbocycles. The molecule has 0 bridgehead atoms. The molecule has 1 fully saturated rings. The predicted molar refractivity (Wildman–Crippen MR) is 96.2 cm³/mol. The van der Waals surface area contributed by atoms with E-state index >= 15 is 0 Å². The molecule has 134 valence electrons. The molecule has 24 heavy (non-hydrogen) atoms. The van der Waals surface area contributed by atoms with E-state index in [9.17, 15) is 9.59 Å². The lowest BCUT2D eigenvalue weighted by Gasteiger charge is -2.31. The summed E-state index contributed by atoms with van der Waals surface area (Å²) in [6.07, 6.45) is 6.43. The molecule has 1 aliphatic heterocycles. The highest BCUT2D eigenvalue weighted by molar-refractivity contribution is 6.04. The molecule has 4 N–H and O–H groups in total. The molecule has 2 heterocycles. The van der Waals surface area contributed by atoms with Gasteiger partial charge in [-0.25, -0.2) is 0 Å². The Hall–Kier alpha value is -1.82. The Morgan fingerprint density at radius 1 is 1.29 bits per heavy atom. The number of primary amides is 1. The van der Waals surface area contributed by atoms with Crippen molar-refractivity contribution in [1.29, 1.82) is 0 Å². The van der Waals surface area contributed by atoms with Gasteiger partial charge in [-0.05, 0) is 58.2 Å². The maximum Gasteiger partial charge on any atom is 0.252 e. The third-order valence-electron chi connectivity index (χ3n) is 4.95. The van der Waals surface area contributed by atoms with Crippen LogP contribution in [0.1, 0.15) is 67.6 Å². The maximum atomic E-state index is 12.6. The number of anilines is 1. The van der Waals surface area contributed by atoms with Gasteiger partial charge in [-0.15, -0.1) is 0 Å². The lowest BCUT2D eigenvalue weighted by atomic mass is 10.1. The van der Waals surface area contributed by atoms with Crippen LogP contribution in [0, 0.1) is 6.92 Å². The van der Waals surface area contributed by atoms with Crippen molar-refractivity contribution in [2.24, 2.45) is 5.73 Å². The first-order valence-corrected chi connectivity index (χ1v) is 9.01. The number of aromatic nitrogens is 1. The molecule has 1 unspecified atom stereocenters. The highest BCUT2D eigenvalue weighted by Gasteiger charge is 2.25. The Balaban J connectivity index is 2.14. The Morgan fingerprint density at radius 2 is 1.96 bits per heavy atom. The van der Waals surface area contributed by atoms with Crippen molar-refractivity contribution in [2.45, 2.75) is 65.3 Å². The molecular weight excluding hydrogens is 304 g/mol. The number of carbonyl (C=O) groups excluding carboxylic acids is 2. The fraction of sp³-hybridized carbons (Fsp3) is 0.667. The van der Waals surface area contributed by atoms with Crippen molar-refractivity contribution in [3.8, 4) is 0 Å². The Morgan fingerprint density at radius 3 is 2.54 bits per heavy atom. The summed E-state index contributed by atoms with van der Waals surface area (Å²) < 4.78 is 0. The number of rotatable bonds is 7. The minimum atomic E-state index is -0.507. The van der Waals surface area contributed by atoms with Gasteiger partial charge in [0, 0.05) is 5.69 Å². The van der Waals surface area contributed by atoms with Crippen molar-refractivity contribution in [3.05, 3.63) is 16.8 Å². The Bertz CT molecular complexity index is 588. The van der Waals surface area contributed by atoms with Crippen LogP contribution < -0.4 is 11.1 Å². The smallest absolute Gasteiger partial charge is 0.252 e. The molecule has 6 nitrogen and oxygen atoms in total. The SMILES string of the molecule is CCCCc1[nH]c(NC(=O)C(C)N2CCCCC2)c(C(N)=O)c1C. The van der Waals surface area contributed by atoms with Crippen LogP contribution in [0.25, 0.3) is 0 Å². The third kappa shape index (κ3) is 4.17. The molecule has 1 saturated heterocycles. The lowest BCUT2D eigenvalue weighted by Crippen LogP contribution is -2.44. The number of H-pyrrole nitrogens is 1. The van der Waals surface area contributed by atoms with Crippen LogP contribution >= 0.6 is 0 Å². The molecular formula is C18H30N4O2. The summed E-state index contributed by atoms with van der Waals surface area (Å²) in [5.41, 5.74) is 7.76. The van der Waals surface area contributed by atoms with E-state index in [1.807, 2.05) is 13.8 Å². The van der Waals surface area contributed by atoms with Gasteiger partial charge >= 0.3 is 0 Å². The average molecular weight is 334 g/mol. The van der Waals surface area contributed by atoms with Gasteiger partial charge in [0.2, 0.25) is 5.91 Å². The zero-order valence-corrected chi connectivity index (χ0v) is 15.1. The largest absolute Gasteiger partial charge is 0.365 e. The fourth-order valence-electron chi connectivity index (χ4n) is 3.35. The molecule has 1 aromatic heterocycles. The summed E-state index contributed by atoms with van der Waals surface area (Å²) in [5, 5.41) is 2.89. The van der Waals surface area contributed by atoms with Crippen molar-refractivity contribution in [1.82, 2.24) is 9.88 Å². The zero-order chi connectivity index (χ0) is 17.7. The van der Waals surface area contributed by atoms with Crippen molar-refractivity contribution >= 4 is 17.6 Å². The van der Waals surface area contributed by atoms with Crippen LogP contribution in [-0.4, -0.2) is 40.8 Å². The van der Waals surface area contributed by atoms with Gasteiger partial charge in [0.15, 0.2) is 0 Å². The van der Waals surface area contributed by atoms with Crippen molar-refractivity contribution in [3.63, 3.8) is 0 Å². The number of hydrogen-bond acceptors (Lipinski definition) is 3. The zero-order valence-electron chi connectivity index (χ0n) is 15.1. The van der Waals surface area contributed by atoms with Crippen LogP contribution in [0.3, 0.4) is 0 Å². The number of unbranched alkanes of at least 4 members (excludes halogenated alkanes) is 1. The predicted octanol–water partition coefficient (Wildman–Crippen LogP) is 2.58. The minimum absolute atomic E-state index is 0.0947. The number of aromatic amines is 1. The van der Waals surface area contributed by atoms with E-state index in [1.54, 1.807) is 0 Å². The van der Waals surface area contributed by atoms with E-state index in [2.05, 4.69) is 22.1 Å². The Kier molecular flexibility index (Phi) is 6.43. The van der Waals surface area contributed by atoms with E-state index in [4.69, 9.17) is 5.73 Å². The molecule has 2 amide bonds. The van der Waals surface area contributed by atoms with E-state index in [0.717, 1.165) is 56.5 Å². The molecule has 0 radical (unpaired) electrons. The normalized spacial score (nSPS) is 16.8. The second-order valence-electron chi connectivity index (χ2n) is 6.71. The summed E-state index contributed by atoms with van der Waals surface area (Å²) in [6.45, 7) is 7.81. The second kappa shape index (κ2) is 8.33. The van der Waals surface area contributed by atoms with Crippen LogP contribution in [0.4, 0.5) is 5.82 Å². The standard InChI is InChI=1S/C18H30N4O2/c1-4-5-9-14-12(2)15(16(19)23)17(20-14)21-18(24)13(3)22-10-7-6-8-11-22/h13,20H,4-11H2,1-3H3,(H2,19,23)(H,21,24). The van der Waals surface area contributed by atoms with Crippen LogP contribution in [0.15, 0.2) is 0 Å². The lowest BCUT2D eigenvalue weighted by molar-refractivity contribution is -0.121. The number of piperidine rings is 1. The first-order valence-electron chi connectivity index (χ1n) is 9.01. The monoisotopic (exact) mass is 334 g/mol. The van der Waals surface area contributed by atoms with Gasteiger partial charge in [-0.1, -0.05) is 19.8 Å². The van der Waals surface area contributed by atoms with Gasteiger partial charge < -0.3 is 16.0 Å². The van der Waals surface area contributed by atoms with Gasteiger partial charge in [0.05, 0.1) is 11.6 Å². The number of amides is 2. The fourth-order valence-corrected chi connectivity index (χ4v) is 3.35. The Labute approximate surface area is 144 Å². The number of nitrogens with two attached hydrogens (primary N) is 1. The number of nitrogens with zero attached hydrogens (tertiary/aromatic N) is 1. The van der Waals surface area contributed by atoms with Crippen LogP contribution in [-0.2, 0) is 11.2 Å². The average Bonchev–Trinajstić information content (AvgIpc) is 2.88. The molecule has 1 aromatic rings. The van der Waals surface area contributed by atoms with Gasteiger partial charge in [-0.3, -0.25) is 14.5 Å². The van der Waals surface area contributed by atoms with Crippen molar-refractivity contribution in [2.75, 3.05) is 18.4 Å². The van der Waals surface area contributed by atoms with Gasteiger partial charge in [-0.2, -0.15) is 0 Å². The first kappa shape index (κ1) is 18.5. The van der Waals surface area contributed by atoms with Crippen LogP contribution in [0.5, 0.6) is 0 Å². The van der Waals surface area contributed by atoms with E-state index < -0.39 is 5.91 Å². The number of aryl methyl sites for hydroxylation is 1. The molecule has 0 aliphatic carbocycles. The maximum absolute atomic E-state index is 12.6. The van der Waals surface area contributed by atoms with Gasteiger partial charge in [0.1, 0.15) is 5.82 Å². The van der Waals surface area contributed by atoms with Gasteiger partial charge in [0.25, 0.3) is 5.91 Å². The number of hydrogen-bond donors (Lipinski definition) is 3. The topological polar surface area (TPSA) is 91.2 Å². The number of likely N-dealkylation sites (tertiary alicyclic amines) is 1. The quantitative estimate of drug-likeness (QED) is 0.715. The highest BCUT2D eigenvalue weighted by atomic mass is 16.2. The summed E-state index contributed by atoms with van der Waals surface area (Å²) >= 11 is 0. The van der Waals surface area contributed by atoms with Crippen molar-refractivity contribution < 1.29 is 9.59 Å². The number of carbonyl (C=O) groups is 2. The molecule has 0 spiro atoms. The van der Waals surface area contributed by atoms with E-state index in [0.29, 0.717) is 11.4 Å². The molecule has 6 heteroatoms. The summed E-state index contributed by atoms with van der Waals surface area (Å²) in [5.74, 6) is -0.157. The third-order valence-corrected chi connectivity index (χ3v) is 4.95. The van der Waals surface area contributed by atoms with E-state index in [-0.39, 0.29) is 11.9 Å². The molecule has 2 rings (SSSR count). The van der Waals surface area contributed by atoms with Crippen LogP contribution in [0.2, 0.25) is 0 Å². The number of nitrogens with one attached hydrogen (secondary N) is 2. The molecule has 1 aliphatic rings.